The third-order valence-corrected chi connectivity index (χ3v) is 8.28. The average molecular weight is 553 g/mol. The molecule has 1 aliphatic rings. The van der Waals surface area contributed by atoms with Crippen molar-refractivity contribution in [1.29, 1.82) is 0 Å². The molecule has 1 fully saturated rings. The Morgan fingerprint density at radius 1 is 1.03 bits per heavy atom. The van der Waals surface area contributed by atoms with Gasteiger partial charge in [-0.25, -0.2) is 8.42 Å². The van der Waals surface area contributed by atoms with Crippen LogP contribution >= 0.6 is 24.8 Å². The number of halogens is 2. The molecule has 9 heteroatoms. The summed E-state index contributed by atoms with van der Waals surface area (Å²) in [5.74, 6) is 0.734. The Hall–Kier alpha value is -2.29. The van der Waals surface area contributed by atoms with Crippen molar-refractivity contribution in [2.24, 2.45) is 0 Å². The molecule has 36 heavy (non-hydrogen) atoms. The summed E-state index contributed by atoms with van der Waals surface area (Å²) in [7, 11) is -0.436. The van der Waals surface area contributed by atoms with Crippen LogP contribution in [0, 0.1) is 6.92 Å². The van der Waals surface area contributed by atoms with Crippen molar-refractivity contribution in [3.05, 3.63) is 89.5 Å². The van der Waals surface area contributed by atoms with E-state index in [1.54, 1.807) is 32.4 Å². The summed E-state index contributed by atoms with van der Waals surface area (Å²) in [5.41, 5.74) is 3.80. The molecule has 3 aromatic carbocycles. The third-order valence-electron chi connectivity index (χ3n) is 6.48. The highest BCUT2D eigenvalue weighted by Crippen LogP contribution is 2.29. The van der Waals surface area contributed by atoms with Crippen LogP contribution in [0.4, 0.5) is 5.69 Å². The Labute approximate surface area is 227 Å². The van der Waals surface area contributed by atoms with Crippen LogP contribution < -0.4 is 19.7 Å². The normalized spacial score (nSPS) is 17.4. The number of nitrogens with one attached hydrogen (secondary N) is 2. The van der Waals surface area contributed by atoms with Crippen molar-refractivity contribution in [3.8, 4) is 5.75 Å². The Bertz CT molecular complexity index is 1210. The van der Waals surface area contributed by atoms with Crippen molar-refractivity contribution in [2.45, 2.75) is 43.3 Å². The maximum atomic E-state index is 13.2. The van der Waals surface area contributed by atoms with Crippen LogP contribution in [0.25, 0.3) is 0 Å². The van der Waals surface area contributed by atoms with Gasteiger partial charge in [0.05, 0.1) is 17.7 Å². The van der Waals surface area contributed by atoms with Gasteiger partial charge in [0.15, 0.2) is 0 Å². The van der Waals surface area contributed by atoms with Crippen LogP contribution in [0.3, 0.4) is 0 Å². The molecule has 3 aromatic rings. The summed E-state index contributed by atoms with van der Waals surface area (Å²) in [6.07, 6.45) is 2.17. The van der Waals surface area contributed by atoms with Crippen LogP contribution in [0.5, 0.6) is 5.75 Å². The predicted molar refractivity (Wildman–Crippen MR) is 151 cm³/mol. The number of aryl methyl sites for hydroxylation is 1. The predicted octanol–water partition coefficient (Wildman–Crippen LogP) is 5.26. The lowest BCUT2D eigenvalue weighted by Crippen LogP contribution is -2.45. The number of anilines is 1. The molecular formula is C27H35Cl2N3O3S. The van der Waals surface area contributed by atoms with Gasteiger partial charge in [-0.05, 0) is 62.2 Å². The summed E-state index contributed by atoms with van der Waals surface area (Å²) >= 11 is 0. The van der Waals surface area contributed by atoms with Crippen molar-refractivity contribution in [1.82, 2.24) is 10.6 Å². The molecule has 0 aliphatic carbocycles. The van der Waals surface area contributed by atoms with E-state index >= 15 is 0 Å². The molecule has 1 heterocycles. The lowest BCUT2D eigenvalue weighted by Gasteiger charge is -2.34. The number of sulfonamides is 1. The molecule has 0 saturated carbocycles. The van der Waals surface area contributed by atoms with Gasteiger partial charge in [-0.15, -0.1) is 24.8 Å². The highest BCUT2D eigenvalue weighted by molar-refractivity contribution is 7.92. The van der Waals surface area contributed by atoms with Gasteiger partial charge >= 0.3 is 0 Å². The summed E-state index contributed by atoms with van der Waals surface area (Å²) in [5, 5.41) is 7.33. The largest absolute Gasteiger partial charge is 0.496 e. The Morgan fingerprint density at radius 3 is 2.39 bits per heavy atom. The Morgan fingerprint density at radius 2 is 1.72 bits per heavy atom. The topological polar surface area (TPSA) is 70.7 Å². The van der Waals surface area contributed by atoms with E-state index in [2.05, 4.69) is 34.9 Å². The highest BCUT2D eigenvalue weighted by atomic mass is 35.5. The first-order valence-corrected chi connectivity index (χ1v) is 13.1. The molecule has 196 valence electrons. The fraction of sp³-hybridized carbons (Fsp3) is 0.333. The molecule has 0 radical (unpaired) electrons. The van der Waals surface area contributed by atoms with E-state index in [9.17, 15) is 8.42 Å². The maximum absolute atomic E-state index is 13.2. The maximum Gasteiger partial charge on any atom is 0.264 e. The number of ether oxygens (including phenoxy) is 1. The van der Waals surface area contributed by atoms with E-state index in [0.717, 1.165) is 36.3 Å². The monoisotopic (exact) mass is 551 g/mol. The number of piperidine rings is 1. The molecule has 2 unspecified atom stereocenters. The van der Waals surface area contributed by atoms with Crippen LogP contribution in [0.2, 0.25) is 0 Å². The first-order chi connectivity index (χ1) is 16.4. The third kappa shape index (κ3) is 6.72. The van der Waals surface area contributed by atoms with E-state index < -0.39 is 10.0 Å². The van der Waals surface area contributed by atoms with Crippen molar-refractivity contribution in [2.75, 3.05) is 25.0 Å². The van der Waals surface area contributed by atoms with E-state index in [0.29, 0.717) is 12.2 Å². The fourth-order valence-corrected chi connectivity index (χ4v) is 5.65. The fourth-order valence-electron chi connectivity index (χ4n) is 4.47. The second-order valence-corrected chi connectivity index (χ2v) is 10.7. The zero-order valence-electron chi connectivity index (χ0n) is 20.8. The van der Waals surface area contributed by atoms with Gasteiger partial charge in [0.2, 0.25) is 0 Å². The molecule has 0 bridgehead atoms. The van der Waals surface area contributed by atoms with Crippen molar-refractivity contribution < 1.29 is 13.2 Å². The number of nitrogens with zero attached hydrogens (tertiary/aromatic N) is 1. The lowest BCUT2D eigenvalue weighted by molar-refractivity contribution is 0.303. The summed E-state index contributed by atoms with van der Waals surface area (Å²) in [6, 6.07) is 23.4. The summed E-state index contributed by atoms with van der Waals surface area (Å²) in [6.45, 7) is 3.51. The molecule has 1 saturated heterocycles. The molecule has 4 rings (SSSR count). The smallest absolute Gasteiger partial charge is 0.264 e. The van der Waals surface area contributed by atoms with E-state index in [1.807, 2.05) is 37.3 Å². The minimum absolute atomic E-state index is 0. The van der Waals surface area contributed by atoms with Gasteiger partial charge < -0.3 is 15.4 Å². The first kappa shape index (κ1) is 29.9. The van der Waals surface area contributed by atoms with E-state index in [-0.39, 0.29) is 41.8 Å². The zero-order valence-corrected chi connectivity index (χ0v) is 23.3. The molecule has 0 amide bonds. The van der Waals surface area contributed by atoms with Gasteiger partial charge in [-0.1, -0.05) is 48.0 Å². The minimum Gasteiger partial charge on any atom is -0.496 e. The van der Waals surface area contributed by atoms with Gasteiger partial charge in [0.1, 0.15) is 5.75 Å². The first-order valence-electron chi connectivity index (χ1n) is 11.6. The van der Waals surface area contributed by atoms with Crippen molar-refractivity contribution >= 4 is 40.5 Å². The molecular weight excluding hydrogens is 517 g/mol. The minimum atomic E-state index is -3.66. The quantitative estimate of drug-likeness (QED) is 0.399. The van der Waals surface area contributed by atoms with Crippen LogP contribution in [0.1, 0.15) is 35.6 Å². The summed E-state index contributed by atoms with van der Waals surface area (Å²) < 4.78 is 33.3. The second kappa shape index (κ2) is 13.3. The second-order valence-electron chi connectivity index (χ2n) is 8.75. The van der Waals surface area contributed by atoms with Gasteiger partial charge in [-0.2, -0.15) is 0 Å². The van der Waals surface area contributed by atoms with Gasteiger partial charge in [0, 0.05) is 31.2 Å². The number of rotatable bonds is 8. The zero-order chi connectivity index (χ0) is 24.1. The van der Waals surface area contributed by atoms with Crippen LogP contribution in [-0.4, -0.2) is 35.2 Å². The van der Waals surface area contributed by atoms with Crippen LogP contribution in [0.15, 0.2) is 77.7 Å². The molecule has 6 nitrogen and oxygen atoms in total. The lowest BCUT2D eigenvalue weighted by atomic mass is 9.92. The molecule has 0 spiro atoms. The standard InChI is InChI=1S/C27H33N3O3S.2ClH/c1-20-11-14-24(15-12-20)34(31,32)30(2)23-13-16-26(33-3)22(18-23)19-29-25-10-7-17-28-27(25)21-8-5-4-6-9-21;;/h4-6,8-9,11-16,18,25,27-29H,7,10,17,19H2,1-3H3;2*1H. The summed E-state index contributed by atoms with van der Waals surface area (Å²) in [4.78, 5) is 0.273. The number of benzene rings is 3. The highest BCUT2D eigenvalue weighted by Gasteiger charge is 2.26. The number of hydrogen-bond donors (Lipinski definition) is 2. The number of methoxy groups -OCH3 is 1. The Balaban J connectivity index is 0.00000228. The van der Waals surface area contributed by atoms with Gasteiger partial charge in [0.25, 0.3) is 10.0 Å². The van der Waals surface area contributed by atoms with Gasteiger partial charge in [-0.3, -0.25) is 4.31 Å². The molecule has 2 atom stereocenters. The molecule has 0 aromatic heterocycles. The van der Waals surface area contributed by atoms with E-state index in [1.165, 1.54) is 9.87 Å². The number of hydrogen-bond acceptors (Lipinski definition) is 5. The average Bonchev–Trinajstić information content (AvgIpc) is 2.87. The SMILES string of the molecule is COc1ccc(N(C)S(=O)(=O)c2ccc(C)cc2)cc1CNC1CCCNC1c1ccccc1.Cl.Cl. The molecule has 2 N–H and O–H groups in total. The van der Waals surface area contributed by atoms with Crippen molar-refractivity contribution in [3.63, 3.8) is 0 Å². The molecule has 1 aliphatic heterocycles. The Kier molecular flexibility index (Phi) is 11.1. The van der Waals surface area contributed by atoms with Crippen LogP contribution in [-0.2, 0) is 16.6 Å². The van der Waals surface area contributed by atoms with E-state index in [4.69, 9.17) is 4.74 Å².